The Balaban J connectivity index is 1.11. The molecule has 2 amide bonds. The molecule has 1 N–H and O–H groups in total. The van der Waals surface area contributed by atoms with Gasteiger partial charge in [0, 0.05) is 57.7 Å². The number of halogens is 1. The van der Waals surface area contributed by atoms with E-state index in [1.165, 1.54) is 29.4 Å². The largest absolute Gasteiger partial charge is 0.463 e. The summed E-state index contributed by atoms with van der Waals surface area (Å²) in [5.74, 6) is 3.81. The number of benzene rings is 1. The molecule has 3 fully saturated rings. The number of hydrogen-bond acceptors (Lipinski definition) is 8. The Kier molecular flexibility index (Phi) is 8.21. The SMILES string of the molecule is CC(=O)NCC1CN(c2ccc(N3CCN(Cc4ccc(CN5CCSCC5)o4)CC3)c(F)c2)C(=O)O1. The van der Waals surface area contributed by atoms with Crippen LogP contribution in [0.5, 0.6) is 0 Å². The average Bonchev–Trinajstić information content (AvgIpc) is 3.49. The Morgan fingerprint density at radius 2 is 1.70 bits per heavy atom. The summed E-state index contributed by atoms with van der Waals surface area (Å²) in [6.07, 6.45) is -0.992. The Morgan fingerprint density at radius 3 is 2.35 bits per heavy atom. The highest BCUT2D eigenvalue weighted by molar-refractivity contribution is 7.99. The first-order chi connectivity index (χ1) is 17.9. The number of amides is 2. The van der Waals surface area contributed by atoms with Crippen molar-refractivity contribution in [3.8, 4) is 0 Å². The molecule has 3 saturated heterocycles. The first-order valence-corrected chi connectivity index (χ1v) is 14.0. The Bertz CT molecular complexity index is 1100. The quantitative estimate of drug-likeness (QED) is 0.557. The van der Waals surface area contributed by atoms with Gasteiger partial charge < -0.3 is 19.4 Å². The van der Waals surface area contributed by atoms with Gasteiger partial charge in [-0.1, -0.05) is 0 Å². The number of carbonyl (C=O) groups excluding carboxylic acids is 2. The second-order valence-corrected chi connectivity index (χ2v) is 10.9. The van der Waals surface area contributed by atoms with Crippen molar-refractivity contribution in [1.29, 1.82) is 0 Å². The summed E-state index contributed by atoms with van der Waals surface area (Å²) in [6, 6.07) is 9.02. The first kappa shape index (κ1) is 25.9. The van der Waals surface area contributed by atoms with E-state index >= 15 is 4.39 Å². The molecule has 0 radical (unpaired) electrons. The van der Waals surface area contributed by atoms with Gasteiger partial charge in [0.1, 0.15) is 23.4 Å². The van der Waals surface area contributed by atoms with Gasteiger partial charge in [0.2, 0.25) is 5.91 Å². The molecule has 3 aliphatic rings. The van der Waals surface area contributed by atoms with Crippen LogP contribution in [0, 0.1) is 5.82 Å². The zero-order valence-electron chi connectivity index (χ0n) is 21.2. The molecule has 3 aliphatic heterocycles. The number of rotatable bonds is 8. The van der Waals surface area contributed by atoms with E-state index < -0.39 is 12.2 Å². The maximum absolute atomic E-state index is 15.1. The number of piperazine rings is 1. The van der Waals surface area contributed by atoms with Crippen LogP contribution in [-0.2, 0) is 22.6 Å². The smallest absolute Gasteiger partial charge is 0.414 e. The number of anilines is 2. The Morgan fingerprint density at radius 1 is 1.03 bits per heavy atom. The summed E-state index contributed by atoms with van der Waals surface area (Å²) >= 11 is 2.01. The zero-order valence-corrected chi connectivity index (χ0v) is 22.0. The monoisotopic (exact) mass is 531 g/mol. The molecule has 200 valence electrons. The lowest BCUT2D eigenvalue weighted by Crippen LogP contribution is -2.46. The highest BCUT2D eigenvalue weighted by atomic mass is 32.2. The van der Waals surface area contributed by atoms with Crippen molar-refractivity contribution in [1.82, 2.24) is 15.1 Å². The molecule has 1 aromatic carbocycles. The fourth-order valence-electron chi connectivity index (χ4n) is 4.96. The zero-order chi connectivity index (χ0) is 25.8. The van der Waals surface area contributed by atoms with Crippen LogP contribution < -0.4 is 15.1 Å². The second-order valence-electron chi connectivity index (χ2n) is 9.71. The van der Waals surface area contributed by atoms with Crippen molar-refractivity contribution in [3.63, 3.8) is 0 Å². The molecular weight excluding hydrogens is 497 g/mol. The molecule has 0 saturated carbocycles. The van der Waals surface area contributed by atoms with Gasteiger partial charge in [-0.2, -0.15) is 11.8 Å². The molecule has 0 aliphatic carbocycles. The first-order valence-electron chi connectivity index (χ1n) is 12.8. The minimum Gasteiger partial charge on any atom is -0.463 e. The fraction of sp³-hybridized carbons (Fsp3) is 0.538. The van der Waals surface area contributed by atoms with Crippen LogP contribution in [-0.4, -0.2) is 91.8 Å². The third kappa shape index (κ3) is 6.58. The summed E-state index contributed by atoms with van der Waals surface area (Å²) in [7, 11) is 0. The predicted molar refractivity (Wildman–Crippen MR) is 141 cm³/mol. The summed E-state index contributed by atoms with van der Waals surface area (Å²) in [5.41, 5.74) is 0.984. The van der Waals surface area contributed by atoms with Gasteiger partial charge in [-0.05, 0) is 30.3 Å². The molecular formula is C26H34FN5O4S. The molecule has 2 aromatic rings. The van der Waals surface area contributed by atoms with Crippen LogP contribution in [0.15, 0.2) is 34.7 Å². The maximum Gasteiger partial charge on any atom is 0.414 e. The van der Waals surface area contributed by atoms with E-state index in [9.17, 15) is 9.59 Å². The van der Waals surface area contributed by atoms with Crippen molar-refractivity contribution in [3.05, 3.63) is 47.7 Å². The van der Waals surface area contributed by atoms with Gasteiger partial charge in [0.15, 0.2) is 0 Å². The minimum atomic E-state index is -0.535. The normalized spacial score (nSPS) is 21.4. The van der Waals surface area contributed by atoms with Gasteiger partial charge in [0.25, 0.3) is 0 Å². The molecule has 1 atom stereocenters. The summed E-state index contributed by atoms with van der Waals surface area (Å²) in [5, 5.41) is 2.64. The number of ether oxygens (including phenoxy) is 1. The predicted octanol–water partition coefficient (Wildman–Crippen LogP) is 2.75. The topological polar surface area (TPSA) is 81.5 Å². The van der Waals surface area contributed by atoms with Crippen molar-refractivity contribution < 1.29 is 23.1 Å². The Hall–Kier alpha value is -2.76. The molecule has 1 unspecified atom stereocenters. The lowest BCUT2D eigenvalue weighted by Gasteiger charge is -2.36. The molecule has 11 heteroatoms. The average molecular weight is 532 g/mol. The number of thioether (sulfide) groups is 1. The molecule has 1 aromatic heterocycles. The summed E-state index contributed by atoms with van der Waals surface area (Å²) in [6.45, 7) is 8.79. The van der Waals surface area contributed by atoms with Crippen LogP contribution in [0.25, 0.3) is 0 Å². The van der Waals surface area contributed by atoms with E-state index in [4.69, 9.17) is 9.15 Å². The number of furan rings is 1. The lowest BCUT2D eigenvalue weighted by atomic mass is 10.2. The highest BCUT2D eigenvalue weighted by Gasteiger charge is 2.33. The number of nitrogens with zero attached hydrogens (tertiary/aromatic N) is 4. The Labute approximate surface area is 220 Å². The molecule has 0 bridgehead atoms. The molecule has 9 nitrogen and oxygen atoms in total. The van der Waals surface area contributed by atoms with Crippen LogP contribution in [0.2, 0.25) is 0 Å². The van der Waals surface area contributed by atoms with Crippen molar-refractivity contribution in [2.24, 2.45) is 0 Å². The van der Waals surface area contributed by atoms with E-state index in [1.807, 2.05) is 16.7 Å². The molecule has 0 spiro atoms. The number of cyclic esters (lactones) is 1. The highest BCUT2D eigenvalue weighted by Crippen LogP contribution is 2.29. The summed E-state index contributed by atoms with van der Waals surface area (Å²) < 4.78 is 26.5. The van der Waals surface area contributed by atoms with E-state index in [0.717, 1.165) is 50.8 Å². The van der Waals surface area contributed by atoms with Crippen molar-refractivity contribution in [2.45, 2.75) is 26.1 Å². The number of hydrogen-bond donors (Lipinski definition) is 1. The van der Waals surface area contributed by atoms with E-state index in [2.05, 4.69) is 27.2 Å². The standard InChI is InChI=1S/C26H34FN5O4S/c1-19(33)28-15-23-18-32(26(34)36-23)20-2-5-25(24(27)14-20)31-8-6-29(7-9-31)16-21-3-4-22(35-21)17-30-10-12-37-13-11-30/h2-5,14,23H,6-13,15-18H2,1H3,(H,28,33). The van der Waals surface area contributed by atoms with E-state index in [-0.39, 0.29) is 24.8 Å². The van der Waals surface area contributed by atoms with Crippen LogP contribution in [0.4, 0.5) is 20.6 Å². The summed E-state index contributed by atoms with van der Waals surface area (Å²) in [4.78, 5) is 31.6. The third-order valence-electron chi connectivity index (χ3n) is 6.99. The van der Waals surface area contributed by atoms with E-state index in [0.29, 0.717) is 24.5 Å². The maximum atomic E-state index is 15.1. The molecule has 4 heterocycles. The van der Waals surface area contributed by atoms with Crippen molar-refractivity contribution >= 4 is 35.1 Å². The van der Waals surface area contributed by atoms with Gasteiger partial charge in [-0.3, -0.25) is 19.5 Å². The second kappa shape index (κ2) is 11.7. The number of nitrogens with one attached hydrogen (secondary N) is 1. The van der Waals surface area contributed by atoms with Crippen LogP contribution in [0.3, 0.4) is 0 Å². The van der Waals surface area contributed by atoms with Crippen LogP contribution >= 0.6 is 11.8 Å². The number of carbonyl (C=O) groups is 2. The van der Waals surface area contributed by atoms with Crippen molar-refractivity contribution in [2.75, 3.05) is 73.7 Å². The van der Waals surface area contributed by atoms with Crippen LogP contribution in [0.1, 0.15) is 18.4 Å². The minimum absolute atomic E-state index is 0.189. The fourth-order valence-corrected chi connectivity index (χ4v) is 5.93. The van der Waals surface area contributed by atoms with Gasteiger partial charge >= 0.3 is 6.09 Å². The molecule has 37 heavy (non-hydrogen) atoms. The van der Waals surface area contributed by atoms with Gasteiger partial charge in [0.05, 0.1) is 37.6 Å². The lowest BCUT2D eigenvalue weighted by molar-refractivity contribution is -0.119. The van der Waals surface area contributed by atoms with Gasteiger partial charge in [-0.15, -0.1) is 0 Å². The van der Waals surface area contributed by atoms with Gasteiger partial charge in [-0.25, -0.2) is 9.18 Å². The third-order valence-corrected chi connectivity index (χ3v) is 7.93. The van der Waals surface area contributed by atoms with E-state index in [1.54, 1.807) is 12.1 Å². The molecule has 5 rings (SSSR count).